The first-order valence-corrected chi connectivity index (χ1v) is 7.84. The van der Waals surface area contributed by atoms with Crippen molar-refractivity contribution < 1.29 is 9.22 Å². The average molecular weight is 266 g/mol. The van der Waals surface area contributed by atoms with Crippen LogP contribution in [0.1, 0.15) is 42.5 Å². The second kappa shape index (κ2) is 6.26. The maximum Gasteiger partial charge on any atom is 0.324 e. The van der Waals surface area contributed by atoms with Crippen LogP contribution in [-0.2, 0) is 4.43 Å². The van der Waals surface area contributed by atoms with Crippen molar-refractivity contribution in [1.29, 1.82) is 0 Å². The molecular weight excluding hydrogens is 248 g/mol. The lowest BCUT2D eigenvalue weighted by molar-refractivity contribution is 0.0749. The second-order valence-electron chi connectivity index (χ2n) is 4.40. The molecule has 1 fully saturated rings. The third-order valence-corrected chi connectivity index (χ3v) is 4.81. The van der Waals surface area contributed by atoms with Crippen LogP contribution in [-0.4, -0.2) is 21.7 Å². The molecule has 0 amide bonds. The van der Waals surface area contributed by atoms with Gasteiger partial charge in [0.05, 0.1) is 5.56 Å². The van der Waals surface area contributed by atoms with Crippen molar-refractivity contribution in [2.75, 3.05) is 0 Å². The Balaban J connectivity index is 2.02. The summed E-state index contributed by atoms with van der Waals surface area (Å²) >= 11 is 1.91. The van der Waals surface area contributed by atoms with Crippen LogP contribution in [0.4, 0.5) is 0 Å². The van der Waals surface area contributed by atoms with Gasteiger partial charge in [-0.1, -0.05) is 25.3 Å². The van der Waals surface area contributed by atoms with Crippen molar-refractivity contribution in [3.8, 4) is 0 Å². The van der Waals surface area contributed by atoms with Crippen LogP contribution in [0.3, 0.4) is 0 Å². The molecule has 0 aliphatic heterocycles. The van der Waals surface area contributed by atoms with Gasteiger partial charge in [-0.15, -0.1) is 11.8 Å². The molecule has 0 heterocycles. The molecule has 1 aliphatic rings. The van der Waals surface area contributed by atoms with Gasteiger partial charge in [-0.2, -0.15) is 0 Å². The molecule has 0 saturated heterocycles. The highest BCUT2D eigenvalue weighted by Crippen LogP contribution is 2.33. The lowest BCUT2D eigenvalue weighted by atomic mass is 10.0. The number of rotatable bonds is 3. The largest absolute Gasteiger partial charge is 0.525 e. The fourth-order valence-corrected chi connectivity index (χ4v) is 3.73. The summed E-state index contributed by atoms with van der Waals surface area (Å²) in [5.74, 6) is -0.192. The first-order chi connectivity index (χ1) is 8.29. The van der Waals surface area contributed by atoms with E-state index in [1.54, 1.807) is 0 Å². The van der Waals surface area contributed by atoms with Gasteiger partial charge in [-0.3, -0.25) is 0 Å². The van der Waals surface area contributed by atoms with Crippen LogP contribution in [0, 0.1) is 0 Å². The summed E-state index contributed by atoms with van der Waals surface area (Å²) in [7, 11) is 0.458. The molecule has 1 saturated carbocycles. The minimum Gasteiger partial charge on any atom is -0.525 e. The molecule has 2 nitrogen and oxygen atoms in total. The highest BCUT2D eigenvalue weighted by atomic mass is 32.2. The van der Waals surface area contributed by atoms with Crippen molar-refractivity contribution in [3.63, 3.8) is 0 Å². The van der Waals surface area contributed by atoms with Gasteiger partial charge in [0.1, 0.15) is 0 Å². The van der Waals surface area contributed by atoms with Crippen molar-refractivity contribution >= 4 is 28.2 Å². The maximum absolute atomic E-state index is 11.5. The number of carbonyl (C=O) groups is 1. The van der Waals surface area contributed by atoms with Gasteiger partial charge in [0, 0.05) is 10.1 Å². The maximum atomic E-state index is 11.5. The number of carbonyl (C=O) groups excluding carboxylic acids is 1. The van der Waals surface area contributed by atoms with Crippen LogP contribution >= 0.6 is 11.8 Å². The van der Waals surface area contributed by atoms with E-state index in [1.165, 1.54) is 37.0 Å². The first kappa shape index (κ1) is 12.7. The van der Waals surface area contributed by atoms with E-state index in [0.717, 1.165) is 5.25 Å². The van der Waals surface area contributed by atoms with Crippen LogP contribution in [0.5, 0.6) is 0 Å². The normalized spacial score (nSPS) is 16.9. The Bertz CT molecular complexity index is 389. The van der Waals surface area contributed by atoms with Crippen molar-refractivity contribution in [2.24, 2.45) is 0 Å². The molecule has 0 N–H and O–H groups in total. The lowest BCUT2D eigenvalue weighted by Crippen LogP contribution is -2.08. The van der Waals surface area contributed by atoms with E-state index < -0.39 is 0 Å². The van der Waals surface area contributed by atoms with Crippen molar-refractivity contribution in [1.82, 2.24) is 0 Å². The summed E-state index contributed by atoms with van der Waals surface area (Å²) in [5.41, 5.74) is 0.681. The third-order valence-electron chi connectivity index (χ3n) is 3.11. The molecule has 0 unspecified atom stereocenters. The summed E-state index contributed by atoms with van der Waals surface area (Å²) < 4.78 is 4.87. The van der Waals surface area contributed by atoms with E-state index in [1.807, 2.05) is 30.0 Å². The van der Waals surface area contributed by atoms with Crippen LogP contribution in [0.25, 0.3) is 0 Å². The van der Waals surface area contributed by atoms with Gasteiger partial charge in [0.25, 0.3) is 0 Å². The molecule has 0 atom stereocenters. The van der Waals surface area contributed by atoms with Gasteiger partial charge >= 0.3 is 5.97 Å². The van der Waals surface area contributed by atoms with E-state index >= 15 is 0 Å². The van der Waals surface area contributed by atoms with Gasteiger partial charge < -0.3 is 4.43 Å². The highest BCUT2D eigenvalue weighted by Gasteiger charge is 2.15. The predicted octanol–water partition coefficient (Wildman–Crippen LogP) is 2.55. The Hall–Kier alpha value is -0.743. The van der Waals surface area contributed by atoms with E-state index in [9.17, 15) is 4.79 Å². The lowest BCUT2D eigenvalue weighted by Gasteiger charge is -2.21. The minimum absolute atomic E-state index is 0.192. The topological polar surface area (TPSA) is 26.3 Å². The molecule has 1 aromatic rings. The molecule has 1 aromatic carbocycles. The molecule has 0 bridgehead atoms. The molecule has 92 valence electrons. The Kier molecular flexibility index (Phi) is 4.68. The summed E-state index contributed by atoms with van der Waals surface area (Å²) in [5, 5.41) is 0.728. The van der Waals surface area contributed by atoms with Gasteiger partial charge in [0.15, 0.2) is 0 Å². The van der Waals surface area contributed by atoms with E-state index in [2.05, 4.69) is 6.07 Å². The Labute approximate surface area is 110 Å². The van der Waals surface area contributed by atoms with E-state index in [4.69, 9.17) is 4.43 Å². The number of benzene rings is 1. The minimum atomic E-state index is -0.192. The molecule has 4 heteroatoms. The van der Waals surface area contributed by atoms with Gasteiger partial charge in [0.2, 0.25) is 10.5 Å². The first-order valence-electron chi connectivity index (χ1n) is 6.14. The third kappa shape index (κ3) is 3.61. The molecule has 2 rings (SSSR count). The summed E-state index contributed by atoms with van der Waals surface area (Å²) in [6.07, 6.45) is 6.68. The summed E-state index contributed by atoms with van der Waals surface area (Å²) in [6.45, 7) is 0. The van der Waals surface area contributed by atoms with Crippen molar-refractivity contribution in [3.05, 3.63) is 29.8 Å². The Morgan fingerprint density at radius 3 is 2.76 bits per heavy atom. The zero-order valence-corrected chi connectivity index (χ0v) is 13.0. The SMILES string of the molecule is O=C(O[SiH3])c1cccc(SC2CCCCC2)c1. The van der Waals surface area contributed by atoms with Crippen LogP contribution in [0.15, 0.2) is 29.2 Å². The Morgan fingerprint density at radius 1 is 1.29 bits per heavy atom. The fraction of sp³-hybridized carbons (Fsp3) is 0.462. The Morgan fingerprint density at radius 2 is 2.06 bits per heavy atom. The molecule has 0 radical (unpaired) electrons. The van der Waals surface area contributed by atoms with E-state index in [0.29, 0.717) is 16.0 Å². The van der Waals surface area contributed by atoms with Crippen molar-refractivity contribution in [2.45, 2.75) is 42.2 Å². The van der Waals surface area contributed by atoms with Gasteiger partial charge in [-0.25, -0.2) is 4.79 Å². The molecule has 1 aliphatic carbocycles. The highest BCUT2D eigenvalue weighted by molar-refractivity contribution is 8.00. The zero-order chi connectivity index (χ0) is 12.1. The van der Waals surface area contributed by atoms with Gasteiger partial charge in [-0.05, 0) is 31.0 Å². The standard InChI is InChI=1S/C13H18O2SSi/c14-13(15-17)10-5-4-8-12(9-10)16-11-6-2-1-3-7-11/h4-5,8-9,11H,1-3,6-7H2,17H3. The zero-order valence-electron chi connectivity index (χ0n) is 10.1. The molecular formula is C13H18O2SSi. The quantitative estimate of drug-likeness (QED) is 0.787. The summed E-state index contributed by atoms with van der Waals surface area (Å²) in [4.78, 5) is 12.7. The van der Waals surface area contributed by atoms with Crippen LogP contribution < -0.4 is 0 Å². The summed E-state index contributed by atoms with van der Waals surface area (Å²) in [6, 6.07) is 7.81. The molecule has 17 heavy (non-hydrogen) atoms. The molecule has 0 spiro atoms. The smallest absolute Gasteiger partial charge is 0.324 e. The monoisotopic (exact) mass is 266 g/mol. The second-order valence-corrected chi connectivity index (χ2v) is 6.18. The fourth-order valence-electron chi connectivity index (χ4n) is 2.19. The molecule has 0 aromatic heterocycles. The number of hydrogen-bond acceptors (Lipinski definition) is 3. The average Bonchev–Trinajstić information content (AvgIpc) is 2.39. The van der Waals surface area contributed by atoms with E-state index in [-0.39, 0.29) is 5.97 Å². The predicted molar refractivity (Wildman–Crippen MR) is 74.5 cm³/mol. The van der Waals surface area contributed by atoms with Crippen LogP contribution in [0.2, 0.25) is 0 Å². The number of thioether (sulfide) groups is 1. The number of hydrogen-bond donors (Lipinski definition) is 0.